The molecule has 0 aromatic heterocycles. The minimum atomic E-state index is -1.05. The second kappa shape index (κ2) is 21.4. The number of allylic oxidation sites excluding steroid dienone is 1. The maximum Gasteiger partial charge on any atom is 0.318 e. The summed E-state index contributed by atoms with van der Waals surface area (Å²) in [7, 11) is 0. The third-order valence-corrected chi connectivity index (χ3v) is 12.0. The van der Waals surface area contributed by atoms with Crippen molar-refractivity contribution in [1.29, 1.82) is 0 Å². The second-order valence-corrected chi connectivity index (χ2v) is 19.5. The molecule has 2 amide bonds. The van der Waals surface area contributed by atoms with Gasteiger partial charge in [0.15, 0.2) is 0 Å². The van der Waals surface area contributed by atoms with Crippen molar-refractivity contribution in [3.63, 3.8) is 0 Å². The van der Waals surface area contributed by atoms with E-state index in [0.717, 1.165) is 24.8 Å². The molecule has 0 aliphatic carbocycles. The molecule has 11 nitrogen and oxygen atoms in total. The van der Waals surface area contributed by atoms with Crippen LogP contribution in [-0.4, -0.2) is 84.1 Å². The lowest BCUT2D eigenvalue weighted by molar-refractivity contribution is -0.178. The summed E-state index contributed by atoms with van der Waals surface area (Å²) in [5.41, 5.74) is -1.52. The third-order valence-electron chi connectivity index (χ3n) is 11.8. The number of carbonyl (C=O) groups excluding carboxylic acids is 5. The van der Waals surface area contributed by atoms with Crippen LogP contribution in [0.15, 0.2) is 12.2 Å². The highest BCUT2D eigenvalue weighted by Gasteiger charge is 2.59. The van der Waals surface area contributed by atoms with E-state index in [2.05, 4.69) is 101 Å². The largest absolute Gasteiger partial charge is 0.481 e. The van der Waals surface area contributed by atoms with Gasteiger partial charge in [0.1, 0.15) is 19.5 Å². The number of rotatable bonds is 25. The Hall–Kier alpha value is -2.89. The number of hydrogen-bond donors (Lipinski definition) is 3. The van der Waals surface area contributed by atoms with Crippen LogP contribution < -0.4 is 5.32 Å². The molecule has 0 fully saturated rings. The van der Waals surface area contributed by atoms with E-state index in [-0.39, 0.29) is 86.0 Å². The van der Waals surface area contributed by atoms with Crippen molar-refractivity contribution >= 4 is 48.6 Å². The maximum atomic E-state index is 14.1. The average Bonchev–Trinajstić information content (AvgIpc) is 3.03. The molecule has 12 heteroatoms. The van der Waals surface area contributed by atoms with E-state index in [9.17, 15) is 28.8 Å². The van der Waals surface area contributed by atoms with Crippen molar-refractivity contribution < 1.29 is 43.3 Å². The van der Waals surface area contributed by atoms with Crippen molar-refractivity contribution in [1.82, 2.24) is 10.2 Å². The first-order chi connectivity index (χ1) is 24.5. The van der Waals surface area contributed by atoms with Crippen LogP contribution >= 0.6 is 12.6 Å². The Kier molecular flexibility index (Phi) is 20.3. The van der Waals surface area contributed by atoms with E-state index in [0.29, 0.717) is 25.7 Å². The average molecular weight is 783 g/mol. The maximum absolute atomic E-state index is 14.1. The molecule has 2 N–H and O–H groups in total. The zero-order valence-corrected chi connectivity index (χ0v) is 36.8. The molecule has 54 heavy (non-hydrogen) atoms. The first-order valence-corrected chi connectivity index (χ1v) is 19.9. The Labute approximate surface area is 331 Å². The Morgan fingerprint density at radius 2 is 1.37 bits per heavy atom. The number of esters is 2. The van der Waals surface area contributed by atoms with E-state index >= 15 is 0 Å². The number of nitrogens with one attached hydrogen (secondary N) is 1. The lowest BCUT2D eigenvalue weighted by Crippen LogP contribution is -2.55. The number of carboxylic acid groups (broad SMARTS) is 1. The van der Waals surface area contributed by atoms with E-state index in [4.69, 9.17) is 14.6 Å². The predicted molar refractivity (Wildman–Crippen MR) is 217 cm³/mol. The Balaban J connectivity index is 6.06. The van der Waals surface area contributed by atoms with E-state index in [1.165, 1.54) is 0 Å². The van der Waals surface area contributed by atoms with Gasteiger partial charge in [-0.1, -0.05) is 88.3 Å². The topological polar surface area (TPSA) is 156 Å². The molecule has 0 saturated carbocycles. The summed E-state index contributed by atoms with van der Waals surface area (Å²) >= 11 is 4.10. The summed E-state index contributed by atoms with van der Waals surface area (Å²) in [6.07, 6.45) is 3.99. The van der Waals surface area contributed by atoms with Crippen LogP contribution in [0.2, 0.25) is 0 Å². The standard InChI is InChI=1S/C42H74N2O9S/c1-30(18-15-16-23-44(33(47)19-17-25-45)24-22-43-32(46)20-21-34(48)49)41(13,38(6,7)8)29-39(9,10)40(11,12)42(14,28-37(3,4)5)36(51)53-27-26-52-35(50)31(2)54/h25,31,54H,1,15-24,26-29H2,2-14H3,(H,43,46)(H,48,49). The molecule has 0 heterocycles. The van der Waals surface area contributed by atoms with Crippen LogP contribution in [0.25, 0.3) is 0 Å². The minimum absolute atomic E-state index is 0.0390. The number of carbonyl (C=O) groups is 6. The predicted octanol–water partition coefficient (Wildman–Crippen LogP) is 7.84. The number of ether oxygens (including phenoxy) is 2. The van der Waals surface area contributed by atoms with Gasteiger partial charge in [-0.3, -0.25) is 24.0 Å². The van der Waals surface area contributed by atoms with Crippen molar-refractivity contribution in [2.45, 2.75) is 153 Å². The van der Waals surface area contributed by atoms with Gasteiger partial charge in [-0.25, -0.2) is 0 Å². The lowest BCUT2D eigenvalue weighted by Gasteiger charge is -2.58. The SMILES string of the molecule is C=C(CCCCN(CCNC(=O)CCC(=O)O)C(=O)CCC=O)C(C)(CC(C)(C)C(C)(C)C(C)(CC(C)(C)C)C(=O)OCCOC(=O)C(C)S)C(C)(C)C. The number of hydrogen-bond acceptors (Lipinski definition) is 9. The summed E-state index contributed by atoms with van der Waals surface area (Å²) in [5.74, 6) is -2.40. The number of aliphatic carboxylic acids is 1. The normalized spacial score (nSPS) is 15.2. The van der Waals surface area contributed by atoms with Crippen LogP contribution in [-0.2, 0) is 38.2 Å². The van der Waals surface area contributed by atoms with Crippen LogP contribution in [0.5, 0.6) is 0 Å². The summed E-state index contributed by atoms with van der Waals surface area (Å²) in [6, 6.07) is 0. The summed E-state index contributed by atoms with van der Waals surface area (Å²) in [5, 5.41) is 10.9. The summed E-state index contributed by atoms with van der Waals surface area (Å²) < 4.78 is 11.0. The van der Waals surface area contributed by atoms with Crippen molar-refractivity contribution in [3.8, 4) is 0 Å². The fourth-order valence-electron chi connectivity index (χ4n) is 7.20. The molecular weight excluding hydrogens is 709 g/mol. The van der Waals surface area contributed by atoms with Crippen LogP contribution in [0.4, 0.5) is 0 Å². The van der Waals surface area contributed by atoms with Gasteiger partial charge in [0.25, 0.3) is 0 Å². The molecule has 3 atom stereocenters. The number of thiol groups is 1. The van der Waals surface area contributed by atoms with E-state index in [1.807, 2.05) is 6.92 Å². The molecule has 0 saturated heterocycles. The highest BCUT2D eigenvalue weighted by Crippen LogP contribution is 2.62. The lowest BCUT2D eigenvalue weighted by atomic mass is 9.46. The minimum Gasteiger partial charge on any atom is -0.481 e. The molecule has 0 aromatic carbocycles. The summed E-state index contributed by atoms with van der Waals surface area (Å²) in [4.78, 5) is 74.3. The molecule has 0 aliphatic heterocycles. The Morgan fingerprint density at radius 1 is 0.796 bits per heavy atom. The molecule has 0 bridgehead atoms. The highest BCUT2D eigenvalue weighted by molar-refractivity contribution is 7.81. The smallest absolute Gasteiger partial charge is 0.318 e. The fourth-order valence-corrected chi connectivity index (χ4v) is 7.27. The monoisotopic (exact) mass is 783 g/mol. The Bertz CT molecular complexity index is 1300. The first-order valence-electron chi connectivity index (χ1n) is 19.4. The van der Waals surface area contributed by atoms with Crippen molar-refractivity contribution in [3.05, 3.63) is 12.2 Å². The number of unbranched alkanes of at least 4 members (excludes halogenated alkanes) is 1. The highest BCUT2D eigenvalue weighted by atomic mass is 32.1. The van der Waals surface area contributed by atoms with Gasteiger partial charge in [-0.2, -0.15) is 12.6 Å². The van der Waals surface area contributed by atoms with E-state index in [1.54, 1.807) is 11.8 Å². The zero-order valence-electron chi connectivity index (χ0n) is 35.9. The molecule has 312 valence electrons. The Morgan fingerprint density at radius 3 is 1.87 bits per heavy atom. The molecule has 0 aromatic rings. The van der Waals surface area contributed by atoms with Gasteiger partial charge >= 0.3 is 17.9 Å². The number of aldehydes is 1. The van der Waals surface area contributed by atoms with Gasteiger partial charge in [0.05, 0.1) is 17.1 Å². The zero-order chi connectivity index (χ0) is 42.3. The molecule has 0 rings (SSSR count). The van der Waals surface area contributed by atoms with Gasteiger partial charge in [0.2, 0.25) is 11.8 Å². The van der Waals surface area contributed by atoms with Crippen LogP contribution in [0, 0.1) is 32.5 Å². The fraction of sp³-hybridized carbons (Fsp3) is 0.810. The molecule has 0 spiro atoms. The van der Waals surface area contributed by atoms with Crippen molar-refractivity contribution in [2.75, 3.05) is 32.8 Å². The van der Waals surface area contributed by atoms with Crippen LogP contribution in [0.3, 0.4) is 0 Å². The van der Waals surface area contributed by atoms with Crippen LogP contribution in [0.1, 0.15) is 148 Å². The molecular formula is C42H74N2O9S. The molecule has 0 aliphatic rings. The first kappa shape index (κ1) is 51.1. The number of carboxylic acids is 1. The van der Waals surface area contributed by atoms with Gasteiger partial charge < -0.3 is 29.6 Å². The quantitative estimate of drug-likeness (QED) is 0.0276. The van der Waals surface area contributed by atoms with Gasteiger partial charge in [-0.05, 0) is 73.0 Å². The molecule has 3 unspecified atom stereocenters. The van der Waals surface area contributed by atoms with E-state index < -0.39 is 33.4 Å². The number of nitrogens with zero attached hydrogens (tertiary/aromatic N) is 1. The third kappa shape index (κ3) is 15.7. The van der Waals surface area contributed by atoms with Gasteiger partial charge in [0, 0.05) is 38.9 Å². The van der Waals surface area contributed by atoms with Crippen molar-refractivity contribution in [2.24, 2.45) is 32.5 Å². The molecule has 0 radical (unpaired) electrons. The second-order valence-electron chi connectivity index (χ2n) is 18.7. The summed E-state index contributed by atoms with van der Waals surface area (Å²) in [6.45, 7) is 33.1. The van der Waals surface area contributed by atoms with Gasteiger partial charge in [-0.15, -0.1) is 0 Å². The number of amides is 2.